The van der Waals surface area contributed by atoms with Crippen LogP contribution in [0.3, 0.4) is 0 Å². The van der Waals surface area contributed by atoms with Gasteiger partial charge in [0.1, 0.15) is 5.92 Å². The van der Waals surface area contributed by atoms with Crippen molar-refractivity contribution in [1.82, 2.24) is 4.90 Å². The van der Waals surface area contributed by atoms with Gasteiger partial charge in [-0.1, -0.05) is 30.3 Å². The third-order valence-corrected chi connectivity index (χ3v) is 2.92. The highest BCUT2D eigenvalue weighted by atomic mass is 16.5. The highest BCUT2D eigenvalue weighted by molar-refractivity contribution is 6.42. The molecule has 1 amide bonds. The molecule has 1 aromatic carbocycles. The van der Waals surface area contributed by atoms with Crippen molar-refractivity contribution in [2.24, 2.45) is 5.92 Å². The second-order valence-corrected chi connectivity index (χ2v) is 4.11. The van der Waals surface area contributed by atoms with Crippen LogP contribution in [0, 0.1) is 5.92 Å². The number of carbonyl (C=O) groups excluding carboxylic acids is 3. The van der Waals surface area contributed by atoms with Crippen LogP contribution in [0.25, 0.3) is 0 Å². The van der Waals surface area contributed by atoms with E-state index in [2.05, 4.69) is 4.74 Å². The molecule has 0 aliphatic carbocycles. The maximum Gasteiger partial charge on any atom is 0.318 e. The van der Waals surface area contributed by atoms with E-state index in [9.17, 15) is 14.4 Å². The van der Waals surface area contributed by atoms with Gasteiger partial charge >= 0.3 is 5.97 Å². The van der Waals surface area contributed by atoms with Crippen molar-refractivity contribution in [1.29, 1.82) is 0 Å². The number of rotatable bonds is 3. The summed E-state index contributed by atoms with van der Waals surface area (Å²) < 4.78 is 4.51. The largest absolute Gasteiger partial charge is 0.468 e. The number of hydrogen-bond acceptors (Lipinski definition) is 4. The Morgan fingerprint density at radius 1 is 1.33 bits per heavy atom. The van der Waals surface area contributed by atoms with Crippen LogP contribution in [0.1, 0.15) is 5.56 Å². The molecule has 1 fully saturated rings. The fraction of sp³-hybridized carbons (Fsp3) is 0.308. The van der Waals surface area contributed by atoms with E-state index in [1.165, 1.54) is 12.0 Å². The molecule has 94 valence electrons. The molecule has 0 radical (unpaired) electrons. The number of methoxy groups -OCH3 is 1. The zero-order valence-corrected chi connectivity index (χ0v) is 9.96. The summed E-state index contributed by atoms with van der Waals surface area (Å²) in [6, 6.07) is 9.31. The number of Topliss-reactive ketones (excluding diaryl/α,β-unsaturated/α-hetero) is 1. The summed E-state index contributed by atoms with van der Waals surface area (Å²) in [7, 11) is 1.21. The number of ether oxygens (including phenoxy) is 1. The number of likely N-dealkylation sites (tertiary alicyclic amines) is 1. The van der Waals surface area contributed by atoms with Crippen LogP contribution in [-0.4, -0.2) is 36.2 Å². The highest BCUT2D eigenvalue weighted by Crippen LogP contribution is 2.18. The maximum atomic E-state index is 11.7. The fourth-order valence-corrected chi connectivity index (χ4v) is 1.96. The summed E-state index contributed by atoms with van der Waals surface area (Å²) in [5.74, 6) is -2.93. The summed E-state index contributed by atoms with van der Waals surface area (Å²) in [6.07, 6.45) is 0. The molecule has 1 heterocycles. The topological polar surface area (TPSA) is 63.7 Å². The number of benzene rings is 1. The van der Waals surface area contributed by atoms with Gasteiger partial charge in [-0.05, 0) is 5.56 Å². The molecule has 1 atom stereocenters. The van der Waals surface area contributed by atoms with Crippen molar-refractivity contribution in [3.05, 3.63) is 35.9 Å². The lowest BCUT2D eigenvalue weighted by Gasteiger charge is -2.14. The molecule has 1 aromatic rings. The fourth-order valence-electron chi connectivity index (χ4n) is 1.96. The van der Waals surface area contributed by atoms with Crippen LogP contribution in [0.4, 0.5) is 0 Å². The van der Waals surface area contributed by atoms with Crippen molar-refractivity contribution < 1.29 is 19.1 Å². The van der Waals surface area contributed by atoms with E-state index in [1.54, 1.807) is 0 Å². The minimum Gasteiger partial charge on any atom is -0.468 e. The number of nitrogens with zero attached hydrogens (tertiary/aromatic N) is 1. The van der Waals surface area contributed by atoms with Crippen molar-refractivity contribution in [2.45, 2.75) is 6.54 Å². The molecule has 0 N–H and O–H groups in total. The van der Waals surface area contributed by atoms with Crippen LogP contribution in [0.15, 0.2) is 30.3 Å². The Kier molecular flexibility index (Phi) is 3.41. The van der Waals surface area contributed by atoms with Crippen LogP contribution < -0.4 is 0 Å². The average molecular weight is 247 g/mol. The van der Waals surface area contributed by atoms with Crippen molar-refractivity contribution in [2.75, 3.05) is 13.7 Å². The van der Waals surface area contributed by atoms with Gasteiger partial charge in [-0.3, -0.25) is 14.4 Å². The first kappa shape index (κ1) is 12.3. The van der Waals surface area contributed by atoms with E-state index < -0.39 is 23.6 Å². The quantitative estimate of drug-likeness (QED) is 0.440. The van der Waals surface area contributed by atoms with Gasteiger partial charge in [-0.15, -0.1) is 0 Å². The molecule has 1 aliphatic rings. The number of hydrogen-bond donors (Lipinski definition) is 0. The molecule has 0 aromatic heterocycles. The van der Waals surface area contributed by atoms with Gasteiger partial charge < -0.3 is 9.64 Å². The molecule has 2 rings (SSSR count). The summed E-state index contributed by atoms with van der Waals surface area (Å²) in [5, 5.41) is 0. The van der Waals surface area contributed by atoms with Crippen LogP contribution >= 0.6 is 0 Å². The minimum absolute atomic E-state index is 0.0965. The minimum atomic E-state index is -0.980. The maximum absolute atomic E-state index is 11.7. The first-order valence-corrected chi connectivity index (χ1v) is 5.58. The Morgan fingerprint density at radius 2 is 2.00 bits per heavy atom. The van der Waals surface area contributed by atoms with Gasteiger partial charge in [-0.2, -0.15) is 0 Å². The highest BCUT2D eigenvalue weighted by Gasteiger charge is 2.43. The predicted molar refractivity (Wildman–Crippen MR) is 62.4 cm³/mol. The van der Waals surface area contributed by atoms with E-state index in [-0.39, 0.29) is 6.54 Å². The summed E-state index contributed by atoms with van der Waals surface area (Å²) in [4.78, 5) is 36.0. The molecule has 1 saturated heterocycles. The predicted octanol–water partition coefficient (Wildman–Crippen LogP) is 0.387. The van der Waals surface area contributed by atoms with Gasteiger partial charge in [0, 0.05) is 13.1 Å². The monoisotopic (exact) mass is 247 g/mol. The molecule has 0 spiro atoms. The van der Waals surface area contributed by atoms with Crippen molar-refractivity contribution in [3.8, 4) is 0 Å². The van der Waals surface area contributed by atoms with Gasteiger partial charge in [0.15, 0.2) is 0 Å². The molecule has 5 nitrogen and oxygen atoms in total. The zero-order valence-electron chi connectivity index (χ0n) is 9.96. The molecule has 0 bridgehead atoms. The first-order chi connectivity index (χ1) is 8.63. The van der Waals surface area contributed by atoms with Crippen LogP contribution in [-0.2, 0) is 25.7 Å². The number of carbonyl (C=O) groups is 3. The van der Waals surface area contributed by atoms with Crippen molar-refractivity contribution in [3.63, 3.8) is 0 Å². The summed E-state index contributed by atoms with van der Waals surface area (Å²) in [5.41, 5.74) is 0.921. The SMILES string of the molecule is COC(=O)[C@@H]1CN(Cc2ccccc2)C(=O)C1=O. The first-order valence-electron chi connectivity index (χ1n) is 5.58. The van der Waals surface area contributed by atoms with Gasteiger partial charge in [0.05, 0.1) is 7.11 Å². The smallest absolute Gasteiger partial charge is 0.318 e. The lowest BCUT2D eigenvalue weighted by molar-refractivity contribution is -0.150. The van der Waals surface area contributed by atoms with E-state index in [0.29, 0.717) is 6.54 Å². The molecule has 0 unspecified atom stereocenters. The molecule has 0 saturated carbocycles. The second kappa shape index (κ2) is 5.00. The van der Waals surface area contributed by atoms with Crippen LogP contribution in [0.5, 0.6) is 0 Å². The van der Waals surface area contributed by atoms with E-state index >= 15 is 0 Å². The third-order valence-electron chi connectivity index (χ3n) is 2.92. The lowest BCUT2D eigenvalue weighted by atomic mass is 10.1. The zero-order chi connectivity index (χ0) is 13.1. The Morgan fingerprint density at radius 3 is 2.61 bits per heavy atom. The van der Waals surface area contributed by atoms with E-state index in [1.807, 2.05) is 30.3 Å². The van der Waals surface area contributed by atoms with Crippen LogP contribution in [0.2, 0.25) is 0 Å². The molecule has 5 heteroatoms. The normalized spacial score (nSPS) is 19.2. The lowest BCUT2D eigenvalue weighted by Crippen LogP contribution is -2.26. The van der Waals surface area contributed by atoms with Gasteiger partial charge in [0.25, 0.3) is 5.91 Å². The Labute approximate surface area is 104 Å². The van der Waals surface area contributed by atoms with E-state index in [4.69, 9.17) is 0 Å². The van der Waals surface area contributed by atoms with E-state index in [0.717, 1.165) is 5.56 Å². The Bertz CT molecular complexity index is 483. The summed E-state index contributed by atoms with van der Waals surface area (Å²) in [6.45, 7) is 0.429. The molecule has 1 aliphatic heterocycles. The summed E-state index contributed by atoms with van der Waals surface area (Å²) >= 11 is 0. The molecular weight excluding hydrogens is 234 g/mol. The average Bonchev–Trinajstić information content (AvgIpc) is 2.67. The number of esters is 1. The third kappa shape index (κ3) is 2.25. The second-order valence-electron chi connectivity index (χ2n) is 4.11. The number of amides is 1. The Hall–Kier alpha value is -2.17. The Balaban J connectivity index is 2.10. The van der Waals surface area contributed by atoms with Crippen molar-refractivity contribution >= 4 is 17.7 Å². The standard InChI is InChI=1S/C13H13NO4/c1-18-13(17)10-8-14(12(16)11(10)15)7-9-5-3-2-4-6-9/h2-6,10H,7-8H2,1H3/t10-/m1/s1. The van der Waals surface area contributed by atoms with Gasteiger partial charge in [-0.25, -0.2) is 0 Å². The molecule has 18 heavy (non-hydrogen) atoms. The van der Waals surface area contributed by atoms with Gasteiger partial charge in [0.2, 0.25) is 5.78 Å². The number of ketones is 1. The molecular formula is C13H13NO4.